The number of halogens is 1. The van der Waals surface area contributed by atoms with Crippen molar-refractivity contribution in [3.63, 3.8) is 0 Å². The number of carbonyl (C=O) groups is 3. The van der Waals surface area contributed by atoms with Crippen LogP contribution in [-0.4, -0.2) is 64.0 Å². The maximum atomic E-state index is 13.4. The van der Waals surface area contributed by atoms with Crippen LogP contribution in [-0.2, 0) is 14.3 Å². The van der Waals surface area contributed by atoms with E-state index in [0.29, 0.717) is 12.0 Å². The van der Waals surface area contributed by atoms with Crippen molar-refractivity contribution in [2.45, 2.75) is 50.8 Å². The van der Waals surface area contributed by atoms with Crippen LogP contribution in [0.15, 0.2) is 67.0 Å². The Morgan fingerprint density at radius 3 is 2.39 bits per heavy atom. The maximum Gasteiger partial charge on any atom is 0.410 e. The second-order valence-corrected chi connectivity index (χ2v) is 10.1. The highest BCUT2D eigenvalue weighted by Crippen LogP contribution is 2.45. The Morgan fingerprint density at radius 1 is 1.13 bits per heavy atom. The number of hydrogen-bond donors (Lipinski definition) is 1. The molecular formula is C28H31FN4O5. The molecule has 38 heavy (non-hydrogen) atoms. The number of aromatic nitrogens is 2. The first-order valence-electron chi connectivity index (χ1n) is 12.3. The molecule has 2 aromatic carbocycles. The Labute approximate surface area is 220 Å². The first-order chi connectivity index (χ1) is 18.1. The Bertz CT molecular complexity index is 1270. The van der Waals surface area contributed by atoms with E-state index in [4.69, 9.17) is 9.47 Å². The van der Waals surface area contributed by atoms with Crippen LogP contribution in [0.25, 0.3) is 5.69 Å². The van der Waals surface area contributed by atoms with E-state index in [2.05, 4.69) is 10.4 Å². The summed E-state index contributed by atoms with van der Waals surface area (Å²) < 4.78 is 25.6. The van der Waals surface area contributed by atoms with Gasteiger partial charge in [0, 0.05) is 29.9 Å². The lowest BCUT2D eigenvalue weighted by atomic mass is 10.1. The van der Waals surface area contributed by atoms with Gasteiger partial charge in [0.25, 0.3) is 5.91 Å². The molecule has 0 aliphatic heterocycles. The SMILES string of the molecule is COC(=O)C(CN(C(=O)OC(C)(C)C)[C@@H]1C[C@H]1c1ccc(F)cc1)NC(=O)c1ccc(-n2cccn2)cc1. The third-order valence-corrected chi connectivity index (χ3v) is 6.15. The fourth-order valence-corrected chi connectivity index (χ4v) is 4.21. The van der Waals surface area contributed by atoms with Gasteiger partial charge < -0.3 is 19.7 Å². The predicted molar refractivity (Wildman–Crippen MR) is 137 cm³/mol. The molecule has 0 saturated heterocycles. The highest BCUT2D eigenvalue weighted by molar-refractivity contribution is 5.97. The standard InChI is InChI=1S/C28H31FN4O5/c1-28(2,3)38-27(36)32(24-16-22(24)18-6-10-20(29)11-7-18)17-23(26(35)37-4)31-25(34)19-8-12-21(13-9-19)33-15-5-14-30-33/h5-15,22-24H,16-17H2,1-4H3,(H,31,34)/t22-,23?,24+/m0/s1. The molecule has 1 N–H and O–H groups in total. The van der Waals surface area contributed by atoms with E-state index in [1.165, 1.54) is 24.1 Å². The van der Waals surface area contributed by atoms with Crippen molar-refractivity contribution in [1.82, 2.24) is 20.0 Å². The van der Waals surface area contributed by atoms with Crippen LogP contribution in [0.1, 0.15) is 49.0 Å². The molecule has 1 unspecified atom stereocenters. The molecule has 1 aliphatic rings. The van der Waals surface area contributed by atoms with Gasteiger partial charge in [0.1, 0.15) is 17.5 Å². The number of amides is 2. The third-order valence-electron chi connectivity index (χ3n) is 6.15. The maximum absolute atomic E-state index is 13.4. The summed E-state index contributed by atoms with van der Waals surface area (Å²) in [6, 6.07) is 13.2. The summed E-state index contributed by atoms with van der Waals surface area (Å²) in [6.45, 7) is 5.10. The van der Waals surface area contributed by atoms with Gasteiger partial charge in [0.2, 0.25) is 0 Å². The van der Waals surface area contributed by atoms with Crippen LogP contribution in [0.2, 0.25) is 0 Å². The lowest BCUT2D eigenvalue weighted by molar-refractivity contribution is -0.143. The summed E-state index contributed by atoms with van der Waals surface area (Å²) in [4.78, 5) is 40.4. The number of methoxy groups -OCH3 is 1. The van der Waals surface area contributed by atoms with Crippen LogP contribution in [0.4, 0.5) is 9.18 Å². The number of nitrogens with one attached hydrogen (secondary N) is 1. The fourth-order valence-electron chi connectivity index (χ4n) is 4.21. The molecule has 1 aromatic heterocycles. The van der Waals surface area contributed by atoms with Gasteiger partial charge in [0.15, 0.2) is 0 Å². The van der Waals surface area contributed by atoms with Crippen LogP contribution in [0, 0.1) is 5.82 Å². The third kappa shape index (κ3) is 6.56. The smallest absolute Gasteiger partial charge is 0.410 e. The monoisotopic (exact) mass is 522 g/mol. The van der Waals surface area contributed by atoms with Crippen LogP contribution in [0.3, 0.4) is 0 Å². The van der Waals surface area contributed by atoms with Crippen molar-refractivity contribution in [3.8, 4) is 5.69 Å². The molecule has 4 rings (SSSR count). The first kappa shape index (κ1) is 26.8. The highest BCUT2D eigenvalue weighted by atomic mass is 19.1. The molecule has 3 atom stereocenters. The molecule has 1 aliphatic carbocycles. The van der Waals surface area contributed by atoms with E-state index < -0.39 is 29.6 Å². The molecule has 2 amide bonds. The van der Waals surface area contributed by atoms with E-state index in [-0.39, 0.29) is 24.3 Å². The van der Waals surface area contributed by atoms with Crippen molar-refractivity contribution >= 4 is 18.0 Å². The minimum Gasteiger partial charge on any atom is -0.467 e. The Balaban J connectivity index is 1.52. The molecule has 200 valence electrons. The van der Waals surface area contributed by atoms with Crippen molar-refractivity contribution < 1.29 is 28.2 Å². The van der Waals surface area contributed by atoms with E-state index >= 15 is 0 Å². The van der Waals surface area contributed by atoms with E-state index in [1.807, 2.05) is 0 Å². The quantitative estimate of drug-likeness (QED) is 0.448. The molecule has 9 nitrogen and oxygen atoms in total. The van der Waals surface area contributed by atoms with Gasteiger partial charge >= 0.3 is 12.1 Å². The summed E-state index contributed by atoms with van der Waals surface area (Å²) in [7, 11) is 1.22. The average Bonchev–Trinajstić information content (AvgIpc) is 3.46. The lowest BCUT2D eigenvalue weighted by Crippen LogP contribution is -2.52. The summed E-state index contributed by atoms with van der Waals surface area (Å²) in [5.41, 5.74) is 1.21. The molecule has 0 bridgehead atoms. The van der Waals surface area contributed by atoms with Crippen molar-refractivity contribution in [2.75, 3.05) is 13.7 Å². The fraction of sp³-hybridized carbons (Fsp3) is 0.357. The first-order valence-corrected chi connectivity index (χ1v) is 12.3. The summed E-state index contributed by atoms with van der Waals surface area (Å²) in [6.07, 6.45) is 3.43. The van der Waals surface area contributed by atoms with Gasteiger partial charge in [-0.1, -0.05) is 12.1 Å². The summed E-state index contributed by atoms with van der Waals surface area (Å²) in [5.74, 6) is -1.59. The van der Waals surface area contributed by atoms with Crippen molar-refractivity contribution in [1.29, 1.82) is 0 Å². The van der Waals surface area contributed by atoms with Crippen LogP contribution in [0.5, 0.6) is 0 Å². The zero-order valence-electron chi connectivity index (χ0n) is 21.8. The summed E-state index contributed by atoms with van der Waals surface area (Å²) in [5, 5.41) is 6.86. The zero-order valence-corrected chi connectivity index (χ0v) is 21.8. The lowest BCUT2D eigenvalue weighted by Gasteiger charge is -2.30. The number of ether oxygens (including phenoxy) is 2. The zero-order chi connectivity index (χ0) is 27.4. The van der Waals surface area contributed by atoms with Crippen molar-refractivity contribution in [3.05, 3.63) is 83.9 Å². The van der Waals surface area contributed by atoms with Gasteiger partial charge in [-0.3, -0.25) is 4.79 Å². The molecule has 0 spiro atoms. The number of nitrogens with zero attached hydrogens (tertiary/aromatic N) is 3. The summed E-state index contributed by atoms with van der Waals surface area (Å²) >= 11 is 0. The largest absolute Gasteiger partial charge is 0.467 e. The van der Waals surface area contributed by atoms with E-state index in [0.717, 1.165) is 11.3 Å². The molecular weight excluding hydrogens is 491 g/mol. The highest BCUT2D eigenvalue weighted by Gasteiger charge is 2.47. The molecule has 1 heterocycles. The van der Waals surface area contributed by atoms with Gasteiger partial charge in [0.05, 0.1) is 19.3 Å². The predicted octanol–water partition coefficient (Wildman–Crippen LogP) is 4.08. The number of esters is 1. The van der Waals surface area contributed by atoms with E-state index in [9.17, 15) is 18.8 Å². The minimum atomic E-state index is -1.14. The Kier molecular flexibility index (Phi) is 7.80. The Hall–Kier alpha value is -4.21. The van der Waals surface area contributed by atoms with Gasteiger partial charge in [-0.25, -0.2) is 18.7 Å². The topological polar surface area (TPSA) is 103 Å². The van der Waals surface area contributed by atoms with E-state index in [1.54, 1.807) is 80.3 Å². The number of carbonyl (C=O) groups excluding carboxylic acids is 3. The number of benzene rings is 2. The Morgan fingerprint density at radius 2 is 1.82 bits per heavy atom. The number of rotatable bonds is 8. The second kappa shape index (κ2) is 11.0. The molecule has 0 radical (unpaired) electrons. The average molecular weight is 523 g/mol. The van der Waals surface area contributed by atoms with Crippen LogP contribution >= 0.6 is 0 Å². The van der Waals surface area contributed by atoms with Gasteiger partial charge in [-0.05, 0) is 75.2 Å². The molecule has 3 aromatic rings. The second-order valence-electron chi connectivity index (χ2n) is 10.1. The van der Waals surface area contributed by atoms with Crippen molar-refractivity contribution in [2.24, 2.45) is 0 Å². The minimum absolute atomic E-state index is 0.0491. The number of hydrogen-bond acceptors (Lipinski definition) is 6. The normalized spacial score (nSPS) is 17.3. The molecule has 1 fully saturated rings. The molecule has 10 heteroatoms. The molecule has 1 saturated carbocycles. The van der Waals surface area contributed by atoms with Gasteiger partial charge in [-0.15, -0.1) is 0 Å². The van der Waals surface area contributed by atoms with Gasteiger partial charge in [-0.2, -0.15) is 5.10 Å². The van der Waals surface area contributed by atoms with Crippen LogP contribution < -0.4 is 5.32 Å².